The summed E-state index contributed by atoms with van der Waals surface area (Å²) in [5.41, 5.74) is 0. The number of amides is 1. The van der Waals surface area contributed by atoms with Crippen LogP contribution in [0.15, 0.2) is 0 Å². The minimum absolute atomic E-state index is 0.244. The van der Waals surface area contributed by atoms with Gasteiger partial charge in [0, 0.05) is 18.8 Å². The van der Waals surface area contributed by atoms with Crippen molar-refractivity contribution in [3.8, 4) is 0 Å². The van der Waals surface area contributed by atoms with Gasteiger partial charge in [0.1, 0.15) is 0 Å². The van der Waals surface area contributed by atoms with E-state index in [-0.39, 0.29) is 5.91 Å². The van der Waals surface area contributed by atoms with Gasteiger partial charge in [0.25, 0.3) is 0 Å². The fourth-order valence-corrected chi connectivity index (χ4v) is 0.624. The fraction of sp³-hybridized carbons (Fsp3) is 0.833. The standard InChI is InChI=1S/C6H12N2O3/c1-4(7-6(3)9)5(2)8(10)11/h4-5H,1-3H3,(H,7,9). The van der Waals surface area contributed by atoms with Crippen LogP contribution in [0.5, 0.6) is 0 Å². The fourth-order valence-electron chi connectivity index (χ4n) is 0.624. The Morgan fingerprint density at radius 3 is 2.27 bits per heavy atom. The molecule has 0 fully saturated rings. The molecule has 5 heteroatoms. The van der Waals surface area contributed by atoms with Gasteiger partial charge in [-0.05, 0) is 6.92 Å². The van der Waals surface area contributed by atoms with E-state index >= 15 is 0 Å². The van der Waals surface area contributed by atoms with Crippen molar-refractivity contribution in [3.05, 3.63) is 10.1 Å². The second-order valence-electron chi connectivity index (χ2n) is 2.52. The molecular formula is C6H12N2O3. The first-order valence-corrected chi connectivity index (χ1v) is 3.35. The average Bonchev–Trinajstić information content (AvgIpc) is 1.84. The molecule has 2 unspecified atom stereocenters. The predicted molar refractivity (Wildman–Crippen MR) is 39.7 cm³/mol. The molecule has 0 aliphatic carbocycles. The summed E-state index contributed by atoms with van der Waals surface area (Å²) in [6, 6.07) is -1.15. The molecule has 0 aliphatic rings. The molecule has 0 aromatic heterocycles. The van der Waals surface area contributed by atoms with Crippen molar-refractivity contribution in [3.63, 3.8) is 0 Å². The molecule has 64 valence electrons. The van der Waals surface area contributed by atoms with Crippen LogP contribution in [0.25, 0.3) is 0 Å². The molecule has 2 atom stereocenters. The van der Waals surface area contributed by atoms with Crippen molar-refractivity contribution in [1.82, 2.24) is 5.32 Å². The van der Waals surface area contributed by atoms with Gasteiger partial charge in [-0.25, -0.2) is 0 Å². The first-order chi connectivity index (χ1) is 4.95. The molecule has 11 heavy (non-hydrogen) atoms. The molecule has 0 rings (SSSR count). The zero-order valence-electron chi connectivity index (χ0n) is 6.83. The van der Waals surface area contributed by atoms with E-state index < -0.39 is 17.0 Å². The van der Waals surface area contributed by atoms with Gasteiger partial charge in [0.15, 0.2) is 0 Å². The minimum atomic E-state index is -0.737. The molecule has 0 aromatic rings. The van der Waals surface area contributed by atoms with Crippen LogP contribution in [-0.4, -0.2) is 22.9 Å². The molecule has 0 saturated heterocycles. The normalized spacial score (nSPS) is 15.2. The summed E-state index contributed by atoms with van der Waals surface area (Å²) in [6.45, 7) is 4.40. The highest BCUT2D eigenvalue weighted by molar-refractivity contribution is 5.73. The molecule has 0 aromatic carbocycles. The average molecular weight is 160 g/mol. The maximum absolute atomic E-state index is 10.4. The summed E-state index contributed by atoms with van der Waals surface area (Å²) in [4.78, 5) is 20.2. The van der Waals surface area contributed by atoms with Crippen LogP contribution in [0.1, 0.15) is 20.8 Å². The Morgan fingerprint density at radius 2 is 2.00 bits per heavy atom. The molecule has 0 saturated carbocycles. The largest absolute Gasteiger partial charge is 0.347 e. The molecule has 0 aliphatic heterocycles. The van der Waals surface area contributed by atoms with E-state index in [9.17, 15) is 14.9 Å². The van der Waals surface area contributed by atoms with E-state index in [0.717, 1.165) is 0 Å². The third-order valence-corrected chi connectivity index (χ3v) is 1.49. The molecule has 0 bridgehead atoms. The zero-order valence-corrected chi connectivity index (χ0v) is 6.83. The van der Waals surface area contributed by atoms with E-state index in [4.69, 9.17) is 0 Å². The maximum atomic E-state index is 10.4. The van der Waals surface area contributed by atoms with Gasteiger partial charge < -0.3 is 5.32 Å². The van der Waals surface area contributed by atoms with Gasteiger partial charge in [0.2, 0.25) is 11.9 Å². The highest BCUT2D eigenvalue weighted by atomic mass is 16.6. The number of nitro groups is 1. The number of nitrogens with zero attached hydrogens (tertiary/aromatic N) is 1. The SMILES string of the molecule is CC(=O)NC(C)C(C)[N+](=O)[O-]. The van der Waals surface area contributed by atoms with E-state index in [2.05, 4.69) is 5.32 Å². The quantitative estimate of drug-likeness (QED) is 0.472. The van der Waals surface area contributed by atoms with Gasteiger partial charge in [0.05, 0.1) is 6.04 Å². The Kier molecular flexibility index (Phi) is 3.50. The van der Waals surface area contributed by atoms with Crippen molar-refractivity contribution in [2.75, 3.05) is 0 Å². The van der Waals surface area contributed by atoms with Gasteiger partial charge >= 0.3 is 0 Å². The van der Waals surface area contributed by atoms with Crippen molar-refractivity contribution in [1.29, 1.82) is 0 Å². The first-order valence-electron chi connectivity index (χ1n) is 3.35. The van der Waals surface area contributed by atoms with Gasteiger partial charge in [-0.1, -0.05) is 0 Å². The van der Waals surface area contributed by atoms with Crippen LogP contribution >= 0.6 is 0 Å². The topological polar surface area (TPSA) is 72.2 Å². The summed E-state index contributed by atoms with van der Waals surface area (Å²) in [5, 5.41) is 12.6. The van der Waals surface area contributed by atoms with E-state index in [1.807, 2.05) is 0 Å². The number of hydrogen-bond donors (Lipinski definition) is 1. The second kappa shape index (κ2) is 3.90. The van der Waals surface area contributed by atoms with Crippen molar-refractivity contribution >= 4 is 5.91 Å². The van der Waals surface area contributed by atoms with Crippen molar-refractivity contribution in [2.45, 2.75) is 32.9 Å². The minimum Gasteiger partial charge on any atom is -0.347 e. The van der Waals surface area contributed by atoms with E-state index in [1.165, 1.54) is 13.8 Å². The Balaban J connectivity index is 3.92. The van der Waals surface area contributed by atoms with Crippen LogP contribution in [0, 0.1) is 10.1 Å². The maximum Gasteiger partial charge on any atom is 0.229 e. The molecule has 0 heterocycles. The summed E-state index contributed by atoms with van der Waals surface area (Å²) >= 11 is 0. The number of carbonyl (C=O) groups is 1. The van der Waals surface area contributed by atoms with Crippen LogP contribution in [0.3, 0.4) is 0 Å². The van der Waals surface area contributed by atoms with Gasteiger partial charge in [-0.3, -0.25) is 14.9 Å². The van der Waals surface area contributed by atoms with Gasteiger partial charge in [-0.2, -0.15) is 0 Å². The first kappa shape index (κ1) is 9.87. The summed E-state index contributed by atoms with van der Waals surface area (Å²) in [7, 11) is 0. The Morgan fingerprint density at radius 1 is 1.55 bits per heavy atom. The second-order valence-corrected chi connectivity index (χ2v) is 2.52. The highest BCUT2D eigenvalue weighted by Gasteiger charge is 2.21. The number of carbonyl (C=O) groups excluding carboxylic acids is 1. The van der Waals surface area contributed by atoms with Crippen molar-refractivity contribution < 1.29 is 9.72 Å². The summed E-state index contributed by atoms with van der Waals surface area (Å²) in [5.74, 6) is -0.244. The molecule has 0 spiro atoms. The van der Waals surface area contributed by atoms with E-state index in [0.29, 0.717) is 0 Å². The lowest BCUT2D eigenvalue weighted by molar-refractivity contribution is -0.521. The number of hydrogen-bond acceptors (Lipinski definition) is 3. The number of nitrogens with one attached hydrogen (secondary N) is 1. The number of rotatable bonds is 3. The Labute approximate surface area is 64.9 Å². The van der Waals surface area contributed by atoms with E-state index in [1.54, 1.807) is 6.92 Å². The lowest BCUT2D eigenvalue weighted by Crippen LogP contribution is -2.42. The van der Waals surface area contributed by atoms with Crippen LogP contribution in [0.4, 0.5) is 0 Å². The van der Waals surface area contributed by atoms with Crippen LogP contribution < -0.4 is 5.32 Å². The van der Waals surface area contributed by atoms with Gasteiger partial charge in [-0.15, -0.1) is 0 Å². The molecule has 5 nitrogen and oxygen atoms in total. The third-order valence-electron chi connectivity index (χ3n) is 1.49. The Hall–Kier alpha value is -1.13. The molecule has 1 N–H and O–H groups in total. The Bertz CT molecular complexity index is 169. The summed E-state index contributed by atoms with van der Waals surface area (Å²) in [6.07, 6.45) is 0. The highest BCUT2D eigenvalue weighted by Crippen LogP contribution is 1.95. The smallest absolute Gasteiger partial charge is 0.229 e. The summed E-state index contributed by atoms with van der Waals surface area (Å²) < 4.78 is 0. The molecular weight excluding hydrogens is 148 g/mol. The van der Waals surface area contributed by atoms with Crippen molar-refractivity contribution in [2.24, 2.45) is 0 Å². The predicted octanol–water partition coefficient (Wildman–Crippen LogP) is 0.176. The molecule has 0 radical (unpaired) electrons. The van der Waals surface area contributed by atoms with Crippen LogP contribution in [0.2, 0.25) is 0 Å². The third kappa shape index (κ3) is 3.54. The monoisotopic (exact) mass is 160 g/mol. The zero-order chi connectivity index (χ0) is 9.02. The molecule has 1 amide bonds. The van der Waals surface area contributed by atoms with Crippen LogP contribution in [-0.2, 0) is 4.79 Å². The lowest BCUT2D eigenvalue weighted by Gasteiger charge is -2.12. The lowest BCUT2D eigenvalue weighted by atomic mass is 10.2.